The van der Waals surface area contributed by atoms with Crippen molar-refractivity contribution in [1.82, 2.24) is 0 Å². The van der Waals surface area contributed by atoms with E-state index in [0.29, 0.717) is 22.6 Å². The van der Waals surface area contributed by atoms with Crippen LogP contribution in [0.4, 0.5) is 4.39 Å². The van der Waals surface area contributed by atoms with Crippen LogP contribution in [0.15, 0.2) is 18.2 Å². The summed E-state index contributed by atoms with van der Waals surface area (Å²) in [5, 5.41) is 26.3. The van der Waals surface area contributed by atoms with Gasteiger partial charge < -0.3 is 15.3 Å². The molecule has 0 spiro atoms. The molecule has 0 saturated heterocycles. The van der Waals surface area contributed by atoms with Gasteiger partial charge in [-0.15, -0.1) is 0 Å². The molecule has 0 aliphatic rings. The van der Waals surface area contributed by atoms with Crippen LogP contribution in [0, 0.1) is 17.7 Å². The van der Waals surface area contributed by atoms with E-state index in [2.05, 4.69) is 11.8 Å². The highest BCUT2D eigenvalue weighted by molar-refractivity contribution is 7.98. The number of hydrogen-bond acceptors (Lipinski definition) is 4. The third kappa shape index (κ3) is 5.07. The summed E-state index contributed by atoms with van der Waals surface area (Å²) in [5.41, 5.74) is 1.05. The summed E-state index contributed by atoms with van der Waals surface area (Å²) in [7, 11) is 0. The zero-order valence-electron chi connectivity index (χ0n) is 9.77. The quantitative estimate of drug-likeness (QED) is 0.691. The lowest BCUT2D eigenvalue weighted by atomic mass is 10.1. The van der Waals surface area contributed by atoms with Gasteiger partial charge in [0.15, 0.2) is 0 Å². The molecule has 0 aliphatic carbocycles. The average molecular weight is 270 g/mol. The molecule has 0 saturated carbocycles. The van der Waals surface area contributed by atoms with Gasteiger partial charge in [0.2, 0.25) is 0 Å². The van der Waals surface area contributed by atoms with Crippen molar-refractivity contribution in [2.45, 2.75) is 11.9 Å². The highest BCUT2D eigenvalue weighted by Crippen LogP contribution is 2.17. The fourth-order valence-corrected chi connectivity index (χ4v) is 2.19. The zero-order valence-corrected chi connectivity index (χ0v) is 10.6. The Labute approximate surface area is 110 Å². The fourth-order valence-electron chi connectivity index (χ4n) is 1.24. The van der Waals surface area contributed by atoms with Gasteiger partial charge in [-0.25, -0.2) is 4.39 Å². The predicted octanol–water partition coefficient (Wildman–Crippen LogP) is 0.756. The summed E-state index contributed by atoms with van der Waals surface area (Å²) >= 11 is 1.35. The van der Waals surface area contributed by atoms with Crippen LogP contribution in [0.5, 0.6) is 0 Å². The molecule has 0 aromatic heterocycles. The van der Waals surface area contributed by atoms with E-state index in [1.165, 1.54) is 17.8 Å². The summed E-state index contributed by atoms with van der Waals surface area (Å²) in [6.45, 7) is -0.538. The lowest BCUT2D eigenvalue weighted by Gasteiger charge is -2.07. The van der Waals surface area contributed by atoms with Crippen molar-refractivity contribution < 1.29 is 19.7 Å². The van der Waals surface area contributed by atoms with Gasteiger partial charge in [0.1, 0.15) is 12.4 Å². The van der Waals surface area contributed by atoms with E-state index in [-0.39, 0.29) is 19.0 Å². The molecule has 0 fully saturated rings. The number of benzene rings is 1. The molecule has 1 aromatic carbocycles. The summed E-state index contributed by atoms with van der Waals surface area (Å²) in [4.78, 5) is 0. The molecule has 1 aromatic rings. The van der Waals surface area contributed by atoms with Gasteiger partial charge in [0.05, 0.1) is 12.7 Å². The second-order valence-electron chi connectivity index (χ2n) is 3.62. The van der Waals surface area contributed by atoms with Crippen molar-refractivity contribution >= 4 is 11.8 Å². The highest BCUT2D eigenvalue weighted by atomic mass is 32.2. The Kier molecular flexibility index (Phi) is 6.76. The molecule has 5 heteroatoms. The van der Waals surface area contributed by atoms with Gasteiger partial charge in [-0.05, 0) is 17.7 Å². The Bertz CT molecular complexity index is 440. The lowest BCUT2D eigenvalue weighted by Crippen LogP contribution is -2.14. The predicted molar refractivity (Wildman–Crippen MR) is 69.6 cm³/mol. The summed E-state index contributed by atoms with van der Waals surface area (Å²) in [6.07, 6.45) is -0.771. The summed E-state index contributed by atoms with van der Waals surface area (Å²) < 4.78 is 13.6. The van der Waals surface area contributed by atoms with Crippen LogP contribution in [-0.2, 0) is 5.75 Å². The van der Waals surface area contributed by atoms with Crippen molar-refractivity contribution in [1.29, 1.82) is 0 Å². The van der Waals surface area contributed by atoms with E-state index in [1.807, 2.05) is 0 Å². The first kappa shape index (κ1) is 15.0. The first-order valence-corrected chi connectivity index (χ1v) is 6.57. The van der Waals surface area contributed by atoms with Crippen molar-refractivity contribution in [3.05, 3.63) is 35.1 Å². The third-order valence-corrected chi connectivity index (χ3v) is 3.28. The smallest absolute Gasteiger partial charge is 0.128 e. The molecule has 0 radical (unpaired) electrons. The summed E-state index contributed by atoms with van der Waals surface area (Å²) in [6, 6.07) is 4.64. The maximum absolute atomic E-state index is 13.6. The Balaban J connectivity index is 2.57. The molecule has 3 N–H and O–H groups in total. The zero-order chi connectivity index (χ0) is 13.4. The summed E-state index contributed by atoms with van der Waals surface area (Å²) in [5.74, 6) is 5.51. The molecule has 0 amide bonds. The van der Waals surface area contributed by atoms with Gasteiger partial charge in [-0.1, -0.05) is 17.9 Å². The van der Waals surface area contributed by atoms with Crippen LogP contribution < -0.4 is 0 Å². The minimum atomic E-state index is -0.771. The van der Waals surface area contributed by atoms with Gasteiger partial charge in [0, 0.05) is 17.1 Å². The molecule has 1 unspecified atom stereocenters. The van der Waals surface area contributed by atoms with Crippen molar-refractivity contribution in [2.24, 2.45) is 0 Å². The maximum Gasteiger partial charge on any atom is 0.128 e. The Morgan fingerprint density at radius 3 is 2.72 bits per heavy atom. The van der Waals surface area contributed by atoms with Crippen molar-refractivity contribution in [2.75, 3.05) is 19.0 Å². The minimum absolute atomic E-state index is 0.252. The van der Waals surface area contributed by atoms with Crippen molar-refractivity contribution in [3.63, 3.8) is 0 Å². The Hall–Kier alpha value is -1.06. The number of rotatable bonds is 5. The first-order chi connectivity index (χ1) is 8.67. The normalized spacial score (nSPS) is 11.8. The number of hydrogen-bond donors (Lipinski definition) is 3. The second kappa shape index (κ2) is 8.11. The minimum Gasteiger partial charge on any atom is -0.394 e. The Morgan fingerprint density at radius 1 is 1.33 bits per heavy atom. The van der Waals surface area contributed by atoms with Crippen LogP contribution in [0.3, 0.4) is 0 Å². The van der Waals surface area contributed by atoms with E-state index in [0.717, 1.165) is 0 Å². The molecular weight excluding hydrogens is 255 g/mol. The third-order valence-electron chi connectivity index (χ3n) is 2.14. The lowest BCUT2D eigenvalue weighted by molar-refractivity contribution is 0.113. The second-order valence-corrected chi connectivity index (χ2v) is 4.65. The van der Waals surface area contributed by atoms with Crippen molar-refractivity contribution in [3.8, 4) is 11.8 Å². The van der Waals surface area contributed by atoms with E-state index in [4.69, 9.17) is 15.3 Å². The van der Waals surface area contributed by atoms with Crippen LogP contribution >= 0.6 is 11.8 Å². The van der Waals surface area contributed by atoms with Gasteiger partial charge in [-0.2, -0.15) is 11.8 Å². The molecule has 1 atom stereocenters. The van der Waals surface area contributed by atoms with Crippen LogP contribution in [0.2, 0.25) is 0 Å². The van der Waals surface area contributed by atoms with E-state index in [1.54, 1.807) is 12.1 Å². The largest absolute Gasteiger partial charge is 0.394 e. The standard InChI is InChI=1S/C13H15FO3S/c14-13-6-10(2-1-5-15)3-4-11(13)8-18-9-12(17)7-16/h3-4,6,12,15-17H,5,7-9H2. The van der Waals surface area contributed by atoms with E-state index in [9.17, 15) is 4.39 Å². The number of halogens is 1. The van der Waals surface area contributed by atoms with Crippen LogP contribution in [0.25, 0.3) is 0 Å². The maximum atomic E-state index is 13.6. The number of aliphatic hydroxyl groups is 3. The highest BCUT2D eigenvalue weighted by Gasteiger charge is 2.06. The van der Waals surface area contributed by atoms with E-state index < -0.39 is 6.10 Å². The van der Waals surface area contributed by atoms with Crippen LogP contribution in [0.1, 0.15) is 11.1 Å². The van der Waals surface area contributed by atoms with Gasteiger partial charge in [0.25, 0.3) is 0 Å². The van der Waals surface area contributed by atoms with E-state index >= 15 is 0 Å². The number of thioether (sulfide) groups is 1. The molecule has 0 aliphatic heterocycles. The van der Waals surface area contributed by atoms with Crippen LogP contribution in [-0.4, -0.2) is 40.4 Å². The topological polar surface area (TPSA) is 60.7 Å². The molecule has 3 nitrogen and oxygen atoms in total. The fraction of sp³-hybridized carbons (Fsp3) is 0.385. The molecular formula is C13H15FO3S. The SMILES string of the molecule is OCC#Cc1ccc(CSCC(O)CO)c(F)c1. The number of aliphatic hydroxyl groups excluding tert-OH is 3. The molecule has 0 bridgehead atoms. The monoisotopic (exact) mass is 270 g/mol. The Morgan fingerprint density at radius 2 is 2.11 bits per heavy atom. The average Bonchev–Trinajstić information content (AvgIpc) is 2.38. The van der Waals surface area contributed by atoms with Gasteiger partial charge in [-0.3, -0.25) is 0 Å². The molecule has 1 rings (SSSR count). The molecule has 0 heterocycles. The van der Waals surface area contributed by atoms with Gasteiger partial charge >= 0.3 is 0 Å². The molecule has 18 heavy (non-hydrogen) atoms. The first-order valence-electron chi connectivity index (χ1n) is 5.42. The molecule has 98 valence electrons.